The van der Waals surface area contributed by atoms with Crippen molar-refractivity contribution in [1.29, 1.82) is 0 Å². The molecule has 13 heavy (non-hydrogen) atoms. The lowest BCUT2D eigenvalue weighted by Gasteiger charge is -2.25. The average molecular weight is 217 g/mol. The van der Waals surface area contributed by atoms with Gasteiger partial charge in [-0.05, 0) is 0 Å². The van der Waals surface area contributed by atoms with E-state index in [1.165, 1.54) is 17.3 Å². The molecule has 0 radical (unpaired) electrons. The molecule has 2 fully saturated rings. The molecule has 2 rings (SSSR count). The number of nitrogens with zero attached hydrogens (tertiary/aromatic N) is 1. The number of carbonyl (C=O) groups excluding carboxylic acids is 1. The van der Waals surface area contributed by atoms with Crippen molar-refractivity contribution in [3.8, 4) is 0 Å². The number of rotatable bonds is 2. The summed E-state index contributed by atoms with van der Waals surface area (Å²) in [5.74, 6) is 4.29. The molecule has 2 aliphatic heterocycles. The number of thioether (sulfide) groups is 2. The second-order valence-corrected chi connectivity index (χ2v) is 6.15. The SMILES string of the molecule is O=C1CCN(CC2CSCCS2)C1. The smallest absolute Gasteiger partial charge is 0.148 e. The molecule has 0 spiro atoms. The summed E-state index contributed by atoms with van der Waals surface area (Å²) in [5.41, 5.74) is 0. The van der Waals surface area contributed by atoms with Crippen LogP contribution in [0, 0.1) is 0 Å². The molecule has 74 valence electrons. The van der Waals surface area contributed by atoms with E-state index < -0.39 is 0 Å². The molecular formula is C9H15NOS2. The number of carbonyl (C=O) groups is 1. The van der Waals surface area contributed by atoms with E-state index in [9.17, 15) is 4.79 Å². The Morgan fingerprint density at radius 2 is 2.38 bits per heavy atom. The van der Waals surface area contributed by atoms with Crippen LogP contribution in [0.4, 0.5) is 0 Å². The van der Waals surface area contributed by atoms with Gasteiger partial charge in [-0.1, -0.05) is 0 Å². The number of hydrogen-bond donors (Lipinski definition) is 0. The first-order chi connectivity index (χ1) is 6.34. The van der Waals surface area contributed by atoms with Crippen molar-refractivity contribution >= 4 is 29.3 Å². The zero-order chi connectivity index (χ0) is 9.10. The molecule has 2 heterocycles. The highest BCUT2D eigenvalue weighted by molar-refractivity contribution is 8.06. The standard InChI is InChI=1S/C9H15NOS2/c11-8-1-2-10(5-8)6-9-7-12-3-4-13-9/h9H,1-7H2. The van der Waals surface area contributed by atoms with E-state index in [4.69, 9.17) is 0 Å². The normalized spacial score (nSPS) is 31.1. The molecule has 0 N–H and O–H groups in total. The summed E-state index contributed by atoms with van der Waals surface area (Å²) < 4.78 is 0. The van der Waals surface area contributed by atoms with Crippen LogP contribution in [0.2, 0.25) is 0 Å². The first-order valence-corrected chi connectivity index (χ1v) is 6.98. The minimum Gasteiger partial charge on any atom is -0.298 e. The average Bonchev–Trinajstić information content (AvgIpc) is 2.53. The summed E-state index contributed by atoms with van der Waals surface area (Å²) >= 11 is 4.13. The van der Waals surface area contributed by atoms with Gasteiger partial charge >= 0.3 is 0 Å². The third kappa shape index (κ3) is 2.89. The predicted molar refractivity (Wildman–Crippen MR) is 59.6 cm³/mol. The van der Waals surface area contributed by atoms with Crippen LogP contribution in [0.25, 0.3) is 0 Å². The summed E-state index contributed by atoms with van der Waals surface area (Å²) in [7, 11) is 0. The molecule has 2 nitrogen and oxygen atoms in total. The monoisotopic (exact) mass is 217 g/mol. The van der Waals surface area contributed by atoms with Crippen molar-refractivity contribution in [2.75, 3.05) is 36.9 Å². The Balaban J connectivity index is 1.73. The van der Waals surface area contributed by atoms with Crippen LogP contribution in [-0.2, 0) is 4.79 Å². The highest BCUT2D eigenvalue weighted by Crippen LogP contribution is 2.25. The summed E-state index contributed by atoms with van der Waals surface area (Å²) in [6, 6.07) is 0. The van der Waals surface area contributed by atoms with Gasteiger partial charge in [-0.2, -0.15) is 23.5 Å². The van der Waals surface area contributed by atoms with E-state index in [1.807, 2.05) is 0 Å². The van der Waals surface area contributed by atoms with Crippen molar-refractivity contribution in [2.24, 2.45) is 0 Å². The van der Waals surface area contributed by atoms with Gasteiger partial charge in [-0.3, -0.25) is 9.69 Å². The van der Waals surface area contributed by atoms with E-state index in [1.54, 1.807) is 0 Å². The van der Waals surface area contributed by atoms with Gasteiger partial charge in [0.25, 0.3) is 0 Å². The summed E-state index contributed by atoms with van der Waals surface area (Å²) in [4.78, 5) is 13.4. The summed E-state index contributed by atoms with van der Waals surface area (Å²) in [6.45, 7) is 2.84. The van der Waals surface area contributed by atoms with Crippen LogP contribution in [0.15, 0.2) is 0 Å². The Morgan fingerprint density at radius 1 is 1.46 bits per heavy atom. The summed E-state index contributed by atoms with van der Waals surface area (Å²) in [5, 5.41) is 0.768. The molecule has 1 atom stereocenters. The van der Waals surface area contributed by atoms with Crippen LogP contribution >= 0.6 is 23.5 Å². The highest BCUT2D eigenvalue weighted by atomic mass is 32.2. The molecule has 0 aromatic heterocycles. The van der Waals surface area contributed by atoms with Crippen molar-refractivity contribution in [3.63, 3.8) is 0 Å². The molecule has 0 saturated carbocycles. The predicted octanol–water partition coefficient (Wildman–Crippen LogP) is 1.11. The van der Waals surface area contributed by atoms with Crippen molar-refractivity contribution < 1.29 is 4.79 Å². The minimum atomic E-state index is 0.425. The zero-order valence-corrected chi connectivity index (χ0v) is 9.33. The molecule has 2 saturated heterocycles. The van der Waals surface area contributed by atoms with E-state index >= 15 is 0 Å². The van der Waals surface area contributed by atoms with Crippen LogP contribution in [-0.4, -0.2) is 52.8 Å². The quantitative estimate of drug-likeness (QED) is 0.690. The second-order valence-electron chi connectivity index (χ2n) is 3.59. The minimum absolute atomic E-state index is 0.425. The van der Waals surface area contributed by atoms with Gasteiger partial charge in [0.1, 0.15) is 5.78 Å². The van der Waals surface area contributed by atoms with Gasteiger partial charge in [-0.25, -0.2) is 0 Å². The lowest BCUT2D eigenvalue weighted by Crippen LogP contribution is -2.32. The van der Waals surface area contributed by atoms with Crippen molar-refractivity contribution in [1.82, 2.24) is 4.90 Å². The second kappa shape index (κ2) is 4.71. The molecule has 0 amide bonds. The van der Waals surface area contributed by atoms with E-state index in [-0.39, 0.29) is 0 Å². The third-order valence-corrected chi connectivity index (χ3v) is 5.28. The van der Waals surface area contributed by atoms with Crippen LogP contribution in [0.5, 0.6) is 0 Å². The fourth-order valence-corrected chi connectivity index (χ4v) is 4.49. The Morgan fingerprint density at radius 3 is 3.00 bits per heavy atom. The first kappa shape index (κ1) is 9.87. The van der Waals surface area contributed by atoms with Gasteiger partial charge in [0.05, 0.1) is 6.54 Å². The molecule has 0 aliphatic carbocycles. The maximum atomic E-state index is 11.0. The maximum Gasteiger partial charge on any atom is 0.148 e. The van der Waals surface area contributed by atoms with Crippen molar-refractivity contribution in [3.05, 3.63) is 0 Å². The van der Waals surface area contributed by atoms with Crippen LogP contribution < -0.4 is 0 Å². The molecule has 2 aliphatic rings. The third-order valence-electron chi connectivity index (χ3n) is 2.45. The fourth-order valence-electron chi connectivity index (χ4n) is 1.78. The Labute approximate surface area is 87.8 Å². The fraction of sp³-hybridized carbons (Fsp3) is 0.889. The first-order valence-electron chi connectivity index (χ1n) is 4.78. The van der Waals surface area contributed by atoms with E-state index in [2.05, 4.69) is 28.4 Å². The van der Waals surface area contributed by atoms with Gasteiger partial charge in [0.2, 0.25) is 0 Å². The van der Waals surface area contributed by atoms with E-state index in [0.717, 1.165) is 24.8 Å². The lowest BCUT2D eigenvalue weighted by atomic mass is 10.4. The van der Waals surface area contributed by atoms with E-state index in [0.29, 0.717) is 12.3 Å². The molecular weight excluding hydrogens is 202 g/mol. The van der Waals surface area contributed by atoms with Gasteiger partial charge in [0, 0.05) is 42.0 Å². The molecule has 4 heteroatoms. The highest BCUT2D eigenvalue weighted by Gasteiger charge is 2.23. The largest absolute Gasteiger partial charge is 0.298 e. The van der Waals surface area contributed by atoms with Crippen LogP contribution in [0.1, 0.15) is 6.42 Å². The lowest BCUT2D eigenvalue weighted by molar-refractivity contribution is -0.116. The van der Waals surface area contributed by atoms with Gasteiger partial charge in [-0.15, -0.1) is 0 Å². The van der Waals surface area contributed by atoms with Gasteiger partial charge < -0.3 is 0 Å². The Bertz CT molecular complexity index is 192. The number of ketones is 1. The number of Topliss-reactive ketones (excluding diaryl/α,β-unsaturated/α-hetero) is 1. The van der Waals surface area contributed by atoms with Gasteiger partial charge in [0.15, 0.2) is 0 Å². The Hall–Kier alpha value is 0.330. The topological polar surface area (TPSA) is 20.3 Å². The van der Waals surface area contributed by atoms with Crippen molar-refractivity contribution in [2.45, 2.75) is 11.7 Å². The number of hydrogen-bond acceptors (Lipinski definition) is 4. The summed E-state index contributed by atoms with van der Waals surface area (Å²) in [6.07, 6.45) is 0.782. The molecule has 0 aromatic rings. The molecule has 1 unspecified atom stereocenters. The van der Waals surface area contributed by atoms with Crippen LogP contribution in [0.3, 0.4) is 0 Å². The molecule has 0 aromatic carbocycles. The zero-order valence-electron chi connectivity index (χ0n) is 7.70. The Kier molecular flexibility index (Phi) is 3.58. The number of likely N-dealkylation sites (tertiary alicyclic amines) is 1. The molecule has 0 bridgehead atoms. The maximum absolute atomic E-state index is 11.0.